The van der Waals surface area contributed by atoms with Crippen molar-refractivity contribution in [3.8, 4) is 0 Å². The maximum Gasteiger partial charge on any atom is 0.243 e. The zero-order valence-corrected chi connectivity index (χ0v) is 17.1. The van der Waals surface area contributed by atoms with E-state index in [0.717, 1.165) is 34.6 Å². The molecule has 142 valence electrons. The zero-order chi connectivity index (χ0) is 19.1. The summed E-state index contributed by atoms with van der Waals surface area (Å²) in [4.78, 5) is 2.73. The fraction of sp³-hybridized carbons (Fsp3) is 0.500. The number of piperazine rings is 1. The highest BCUT2D eigenvalue weighted by Crippen LogP contribution is 2.32. The third-order valence-electron chi connectivity index (χ3n) is 5.82. The van der Waals surface area contributed by atoms with Gasteiger partial charge in [-0.3, -0.25) is 4.90 Å². The second-order valence-corrected chi connectivity index (χ2v) is 9.09. The minimum Gasteiger partial charge on any atom is -0.468 e. The summed E-state index contributed by atoms with van der Waals surface area (Å²) in [7, 11) is -3.49. The Balaban J connectivity index is 1.82. The van der Waals surface area contributed by atoms with Crippen molar-refractivity contribution in [3.05, 3.63) is 52.0 Å². The van der Waals surface area contributed by atoms with Gasteiger partial charge in [0.1, 0.15) is 5.76 Å². The highest BCUT2D eigenvalue weighted by molar-refractivity contribution is 7.89. The molecule has 1 aromatic heterocycles. The second-order valence-electron chi connectivity index (χ2n) is 7.21. The number of hydrogen-bond donors (Lipinski definition) is 0. The van der Waals surface area contributed by atoms with E-state index in [2.05, 4.69) is 11.8 Å². The molecule has 0 saturated carbocycles. The third kappa shape index (κ3) is 3.33. The number of nitrogens with zero attached hydrogens (tertiary/aromatic N) is 2. The first-order valence-electron chi connectivity index (χ1n) is 9.05. The van der Waals surface area contributed by atoms with E-state index >= 15 is 0 Å². The lowest BCUT2D eigenvalue weighted by molar-refractivity contribution is 0.171. The molecule has 5 nitrogen and oxygen atoms in total. The van der Waals surface area contributed by atoms with E-state index in [1.165, 1.54) is 5.56 Å². The van der Waals surface area contributed by atoms with E-state index in [9.17, 15) is 8.42 Å². The lowest BCUT2D eigenvalue weighted by Crippen LogP contribution is -2.48. The highest BCUT2D eigenvalue weighted by atomic mass is 32.2. The third-order valence-corrected chi connectivity index (χ3v) is 7.99. The Bertz CT molecular complexity index is 865. The van der Waals surface area contributed by atoms with Crippen LogP contribution in [0.1, 0.15) is 33.6 Å². The van der Waals surface area contributed by atoms with E-state index in [1.54, 1.807) is 10.6 Å². The quantitative estimate of drug-likeness (QED) is 0.821. The summed E-state index contributed by atoms with van der Waals surface area (Å²) in [5.41, 5.74) is 5.08. The van der Waals surface area contributed by atoms with Crippen molar-refractivity contribution in [1.29, 1.82) is 0 Å². The summed E-state index contributed by atoms with van der Waals surface area (Å²) in [5.74, 6) is 0.915. The molecule has 2 aromatic rings. The van der Waals surface area contributed by atoms with Gasteiger partial charge < -0.3 is 4.42 Å². The Morgan fingerprint density at radius 2 is 1.42 bits per heavy atom. The van der Waals surface area contributed by atoms with Crippen LogP contribution < -0.4 is 0 Å². The Morgan fingerprint density at radius 1 is 0.885 bits per heavy atom. The average Bonchev–Trinajstić information content (AvgIpc) is 3.11. The van der Waals surface area contributed by atoms with Crippen LogP contribution in [-0.2, 0) is 16.6 Å². The Hall–Kier alpha value is -1.63. The van der Waals surface area contributed by atoms with Gasteiger partial charge >= 0.3 is 0 Å². The molecule has 0 N–H and O–H groups in total. The number of rotatable bonds is 4. The smallest absolute Gasteiger partial charge is 0.243 e. The Labute approximate surface area is 156 Å². The van der Waals surface area contributed by atoms with Gasteiger partial charge in [-0.2, -0.15) is 4.31 Å². The predicted molar refractivity (Wildman–Crippen MR) is 103 cm³/mol. The maximum atomic E-state index is 13.4. The Morgan fingerprint density at radius 3 is 1.92 bits per heavy atom. The van der Waals surface area contributed by atoms with Crippen LogP contribution in [0.15, 0.2) is 27.7 Å². The molecular formula is C20H28N2O3S. The molecule has 0 amide bonds. The van der Waals surface area contributed by atoms with Crippen LogP contribution in [0.2, 0.25) is 0 Å². The van der Waals surface area contributed by atoms with Crippen molar-refractivity contribution >= 4 is 10.0 Å². The van der Waals surface area contributed by atoms with Crippen LogP contribution in [0.5, 0.6) is 0 Å². The molecule has 2 heterocycles. The monoisotopic (exact) mass is 376 g/mol. The zero-order valence-electron chi connectivity index (χ0n) is 16.3. The number of benzene rings is 1. The van der Waals surface area contributed by atoms with Gasteiger partial charge in [-0.25, -0.2) is 8.42 Å². The number of sulfonamides is 1. The minimum absolute atomic E-state index is 0.498. The molecule has 3 rings (SSSR count). The molecular weight excluding hydrogens is 348 g/mol. The fourth-order valence-corrected chi connectivity index (χ4v) is 5.71. The molecule has 1 fully saturated rings. The van der Waals surface area contributed by atoms with Crippen LogP contribution in [0.25, 0.3) is 0 Å². The van der Waals surface area contributed by atoms with Crippen LogP contribution in [0, 0.1) is 34.6 Å². The van der Waals surface area contributed by atoms with Crippen LogP contribution in [-0.4, -0.2) is 43.8 Å². The molecule has 1 saturated heterocycles. The standard InChI is InChI=1S/C20H28N2O3S/c1-14-15(2)17(4)20(18(5)16(14)3)26(23,24)22-10-8-21(9-11-22)13-19-7-6-12-25-19/h6-7,12H,8-11,13H2,1-5H3. The molecule has 0 atom stereocenters. The summed E-state index contributed by atoms with van der Waals surface area (Å²) < 4.78 is 33.7. The van der Waals surface area contributed by atoms with Crippen molar-refractivity contribution in [2.24, 2.45) is 0 Å². The summed E-state index contributed by atoms with van der Waals surface area (Å²) >= 11 is 0. The molecule has 1 aliphatic rings. The summed E-state index contributed by atoms with van der Waals surface area (Å²) in [6.45, 7) is 13.1. The molecule has 0 unspecified atom stereocenters. The van der Waals surface area contributed by atoms with Gasteiger partial charge in [0.2, 0.25) is 10.0 Å². The van der Waals surface area contributed by atoms with E-state index in [1.807, 2.05) is 39.8 Å². The largest absolute Gasteiger partial charge is 0.468 e. The first-order chi connectivity index (χ1) is 12.2. The molecule has 1 aromatic carbocycles. The van der Waals surface area contributed by atoms with Gasteiger partial charge in [-0.15, -0.1) is 0 Å². The van der Waals surface area contributed by atoms with E-state index in [4.69, 9.17) is 4.42 Å². The first-order valence-corrected chi connectivity index (χ1v) is 10.5. The van der Waals surface area contributed by atoms with Crippen LogP contribution in [0.3, 0.4) is 0 Å². The summed E-state index contributed by atoms with van der Waals surface area (Å²) in [6.07, 6.45) is 1.67. The predicted octanol–water partition coefficient (Wildman–Crippen LogP) is 3.33. The summed E-state index contributed by atoms with van der Waals surface area (Å²) in [5, 5.41) is 0. The van der Waals surface area contributed by atoms with Crippen LogP contribution in [0.4, 0.5) is 0 Å². The normalized spacial score (nSPS) is 17.0. The topological polar surface area (TPSA) is 53.8 Å². The van der Waals surface area contributed by atoms with Crippen LogP contribution >= 0.6 is 0 Å². The van der Waals surface area contributed by atoms with E-state index < -0.39 is 10.0 Å². The van der Waals surface area contributed by atoms with Gasteiger partial charge in [0.25, 0.3) is 0 Å². The Kier molecular flexibility index (Phi) is 5.28. The van der Waals surface area contributed by atoms with Crippen molar-refractivity contribution in [3.63, 3.8) is 0 Å². The van der Waals surface area contributed by atoms with E-state index in [-0.39, 0.29) is 0 Å². The average molecular weight is 377 g/mol. The van der Waals surface area contributed by atoms with Gasteiger partial charge in [0, 0.05) is 26.2 Å². The van der Waals surface area contributed by atoms with Crippen molar-refractivity contribution in [2.75, 3.05) is 26.2 Å². The van der Waals surface area contributed by atoms with Crippen molar-refractivity contribution in [2.45, 2.75) is 46.1 Å². The minimum atomic E-state index is -3.49. The molecule has 26 heavy (non-hydrogen) atoms. The first kappa shape index (κ1) is 19.1. The fourth-order valence-electron chi connectivity index (χ4n) is 3.73. The van der Waals surface area contributed by atoms with Gasteiger partial charge in [-0.1, -0.05) is 0 Å². The lowest BCUT2D eigenvalue weighted by atomic mass is 9.95. The van der Waals surface area contributed by atoms with Gasteiger partial charge in [0.15, 0.2) is 0 Å². The molecule has 6 heteroatoms. The second kappa shape index (κ2) is 7.18. The molecule has 0 bridgehead atoms. The highest BCUT2D eigenvalue weighted by Gasteiger charge is 2.32. The maximum absolute atomic E-state index is 13.4. The van der Waals surface area contributed by atoms with Crippen molar-refractivity contribution < 1.29 is 12.8 Å². The van der Waals surface area contributed by atoms with E-state index in [0.29, 0.717) is 31.1 Å². The SMILES string of the molecule is Cc1c(C)c(C)c(S(=O)(=O)N2CCN(Cc3ccco3)CC2)c(C)c1C. The van der Waals surface area contributed by atoms with Gasteiger partial charge in [-0.05, 0) is 74.6 Å². The summed E-state index contributed by atoms with van der Waals surface area (Å²) in [6, 6.07) is 3.83. The molecule has 0 aliphatic carbocycles. The lowest BCUT2D eigenvalue weighted by Gasteiger charge is -2.34. The molecule has 1 aliphatic heterocycles. The number of furan rings is 1. The molecule has 0 radical (unpaired) electrons. The van der Waals surface area contributed by atoms with Gasteiger partial charge in [0.05, 0.1) is 17.7 Å². The molecule has 0 spiro atoms. The van der Waals surface area contributed by atoms with Crippen molar-refractivity contribution in [1.82, 2.24) is 9.21 Å². The number of hydrogen-bond acceptors (Lipinski definition) is 4.